The number of carbonyl (C=O) groups is 1. The summed E-state index contributed by atoms with van der Waals surface area (Å²) in [6.45, 7) is 0. The Balaban J connectivity index is 1.63. The van der Waals surface area contributed by atoms with E-state index in [1.54, 1.807) is 6.07 Å². The van der Waals surface area contributed by atoms with Gasteiger partial charge in [0.25, 0.3) is 5.91 Å². The average Bonchev–Trinajstić information content (AvgIpc) is 3.28. The molecule has 0 atom stereocenters. The number of halogens is 4. The molecule has 9 heteroatoms. The first-order valence-electron chi connectivity index (χ1n) is 7.88. The molecule has 0 saturated heterocycles. The standard InChI is InChI=1S/C17H12BF4NO3/c19-9-1-3-11(13(7-9)17(20,21)22)15(24)23-10-2-4-12-14(8-10)18(25)26-16(12)5-6-16/h1-4,7-8,25H,5-6H2,(H,23,24). The zero-order valence-corrected chi connectivity index (χ0v) is 13.2. The normalized spacial score (nSPS) is 17.3. The Kier molecular flexibility index (Phi) is 3.64. The van der Waals surface area contributed by atoms with Gasteiger partial charge in [-0.2, -0.15) is 13.2 Å². The van der Waals surface area contributed by atoms with Crippen LogP contribution in [0.2, 0.25) is 0 Å². The molecule has 0 bridgehead atoms. The number of nitrogens with one attached hydrogen (secondary N) is 1. The van der Waals surface area contributed by atoms with E-state index in [1.165, 1.54) is 12.1 Å². The van der Waals surface area contributed by atoms with Gasteiger partial charge in [0.05, 0.1) is 16.7 Å². The fourth-order valence-electron chi connectivity index (χ4n) is 3.25. The van der Waals surface area contributed by atoms with Crippen LogP contribution in [0.5, 0.6) is 0 Å². The molecule has 1 aliphatic heterocycles. The van der Waals surface area contributed by atoms with Crippen LogP contribution in [-0.4, -0.2) is 18.0 Å². The van der Waals surface area contributed by atoms with Crippen molar-refractivity contribution >= 4 is 24.2 Å². The van der Waals surface area contributed by atoms with Crippen LogP contribution in [0.25, 0.3) is 0 Å². The molecule has 2 N–H and O–H groups in total. The highest BCUT2D eigenvalue weighted by atomic mass is 19.4. The minimum atomic E-state index is -4.87. The van der Waals surface area contributed by atoms with Crippen molar-refractivity contribution in [2.24, 2.45) is 0 Å². The molecule has 1 aliphatic carbocycles. The van der Waals surface area contributed by atoms with Crippen LogP contribution in [0.15, 0.2) is 36.4 Å². The van der Waals surface area contributed by atoms with E-state index in [9.17, 15) is 27.4 Å². The first-order valence-corrected chi connectivity index (χ1v) is 7.88. The first-order chi connectivity index (χ1) is 12.2. The summed E-state index contributed by atoms with van der Waals surface area (Å²) < 4.78 is 57.8. The molecule has 1 heterocycles. The zero-order valence-electron chi connectivity index (χ0n) is 13.2. The van der Waals surface area contributed by atoms with E-state index < -0.39 is 41.7 Å². The number of benzene rings is 2. The van der Waals surface area contributed by atoms with Crippen molar-refractivity contribution in [3.05, 3.63) is 58.9 Å². The van der Waals surface area contributed by atoms with E-state index in [-0.39, 0.29) is 11.8 Å². The van der Waals surface area contributed by atoms with Crippen LogP contribution in [0.3, 0.4) is 0 Å². The number of rotatable bonds is 2. The highest BCUT2D eigenvalue weighted by molar-refractivity contribution is 6.62. The average molecular weight is 365 g/mol. The number of hydrogen-bond donors (Lipinski definition) is 2. The molecule has 4 rings (SSSR count). The van der Waals surface area contributed by atoms with Gasteiger partial charge in [0.2, 0.25) is 0 Å². The Bertz CT molecular complexity index is 911. The molecule has 134 valence electrons. The number of hydrogen-bond acceptors (Lipinski definition) is 3. The summed E-state index contributed by atoms with van der Waals surface area (Å²) in [5, 5.41) is 12.3. The molecule has 1 fully saturated rings. The van der Waals surface area contributed by atoms with Crippen LogP contribution >= 0.6 is 0 Å². The molecule has 4 nitrogen and oxygen atoms in total. The van der Waals surface area contributed by atoms with E-state index in [1.807, 2.05) is 0 Å². The van der Waals surface area contributed by atoms with Crippen LogP contribution in [0.1, 0.15) is 34.3 Å². The third-order valence-electron chi connectivity index (χ3n) is 4.64. The lowest BCUT2D eigenvalue weighted by Crippen LogP contribution is -2.29. The summed E-state index contributed by atoms with van der Waals surface area (Å²) in [4.78, 5) is 12.3. The topological polar surface area (TPSA) is 58.6 Å². The minimum absolute atomic E-state index is 0.214. The third kappa shape index (κ3) is 2.77. The van der Waals surface area contributed by atoms with Gasteiger partial charge in [-0.05, 0) is 54.2 Å². The van der Waals surface area contributed by atoms with E-state index in [0.717, 1.165) is 30.5 Å². The Morgan fingerprint density at radius 2 is 1.92 bits per heavy atom. The van der Waals surface area contributed by atoms with E-state index in [2.05, 4.69) is 5.32 Å². The first kappa shape index (κ1) is 17.1. The number of carbonyl (C=O) groups excluding carboxylic acids is 1. The lowest BCUT2D eigenvalue weighted by atomic mass is 9.79. The van der Waals surface area contributed by atoms with Crippen molar-refractivity contribution < 1.29 is 32.0 Å². The molecule has 1 amide bonds. The molecule has 2 aromatic carbocycles. The van der Waals surface area contributed by atoms with Gasteiger partial charge in [0, 0.05) is 5.69 Å². The summed E-state index contributed by atoms with van der Waals surface area (Å²) in [5.74, 6) is -2.10. The van der Waals surface area contributed by atoms with Crippen LogP contribution in [0, 0.1) is 5.82 Å². The monoisotopic (exact) mass is 365 g/mol. The van der Waals surface area contributed by atoms with Crippen molar-refractivity contribution in [2.75, 3.05) is 5.32 Å². The van der Waals surface area contributed by atoms with Crippen molar-refractivity contribution in [1.82, 2.24) is 0 Å². The molecule has 0 aromatic heterocycles. The quantitative estimate of drug-likeness (QED) is 0.636. The fourth-order valence-corrected chi connectivity index (χ4v) is 3.25. The fraction of sp³-hybridized carbons (Fsp3) is 0.235. The SMILES string of the molecule is O=C(Nc1ccc2c(c1)B(O)OC21CC1)c1ccc(F)cc1C(F)(F)F. The predicted molar refractivity (Wildman–Crippen MR) is 85.4 cm³/mol. The molecule has 0 radical (unpaired) electrons. The summed E-state index contributed by atoms with van der Waals surface area (Å²) in [7, 11) is -1.14. The van der Waals surface area contributed by atoms with Gasteiger partial charge in [-0.3, -0.25) is 4.79 Å². The van der Waals surface area contributed by atoms with Crippen LogP contribution < -0.4 is 10.8 Å². The molecular formula is C17H12BF4NO3. The molecule has 0 unspecified atom stereocenters. The summed E-state index contributed by atoms with van der Waals surface area (Å²) in [5.41, 5.74) is -0.994. The number of fused-ring (bicyclic) bond motifs is 2. The van der Waals surface area contributed by atoms with Crippen molar-refractivity contribution in [3.63, 3.8) is 0 Å². The van der Waals surface area contributed by atoms with E-state index >= 15 is 0 Å². The smallest absolute Gasteiger partial charge is 0.423 e. The molecule has 2 aromatic rings. The molecule has 26 heavy (non-hydrogen) atoms. The molecular weight excluding hydrogens is 353 g/mol. The van der Waals surface area contributed by atoms with Gasteiger partial charge in [0.15, 0.2) is 0 Å². The highest BCUT2D eigenvalue weighted by Gasteiger charge is 2.55. The van der Waals surface area contributed by atoms with Gasteiger partial charge in [-0.1, -0.05) is 6.07 Å². The lowest BCUT2D eigenvalue weighted by molar-refractivity contribution is -0.138. The Hall–Kier alpha value is -2.39. The van der Waals surface area contributed by atoms with Gasteiger partial charge in [0.1, 0.15) is 5.82 Å². The summed E-state index contributed by atoms with van der Waals surface area (Å²) in [6.07, 6.45) is -3.30. The highest BCUT2D eigenvalue weighted by Crippen LogP contribution is 2.51. The minimum Gasteiger partial charge on any atom is -0.423 e. The lowest BCUT2D eigenvalue weighted by Gasteiger charge is -2.14. The Morgan fingerprint density at radius 1 is 1.19 bits per heavy atom. The molecule has 1 saturated carbocycles. The second-order valence-corrected chi connectivity index (χ2v) is 6.41. The molecule has 1 spiro atoms. The number of anilines is 1. The largest absolute Gasteiger partial charge is 0.492 e. The summed E-state index contributed by atoms with van der Waals surface area (Å²) >= 11 is 0. The van der Waals surface area contributed by atoms with Gasteiger partial charge >= 0.3 is 13.3 Å². The van der Waals surface area contributed by atoms with Crippen molar-refractivity contribution in [1.29, 1.82) is 0 Å². The molecule has 2 aliphatic rings. The van der Waals surface area contributed by atoms with Gasteiger partial charge < -0.3 is 15.0 Å². The van der Waals surface area contributed by atoms with Crippen LogP contribution in [-0.2, 0) is 16.4 Å². The third-order valence-corrected chi connectivity index (χ3v) is 4.64. The van der Waals surface area contributed by atoms with E-state index in [4.69, 9.17) is 4.65 Å². The second kappa shape index (κ2) is 5.55. The maximum Gasteiger partial charge on any atom is 0.492 e. The number of amides is 1. The Morgan fingerprint density at radius 3 is 2.58 bits per heavy atom. The maximum atomic E-state index is 13.2. The van der Waals surface area contributed by atoms with Gasteiger partial charge in [-0.15, -0.1) is 0 Å². The maximum absolute atomic E-state index is 13.2. The van der Waals surface area contributed by atoms with Crippen molar-refractivity contribution in [3.8, 4) is 0 Å². The van der Waals surface area contributed by atoms with E-state index in [0.29, 0.717) is 5.46 Å². The van der Waals surface area contributed by atoms with Crippen LogP contribution in [0.4, 0.5) is 23.2 Å². The second-order valence-electron chi connectivity index (χ2n) is 6.41. The number of alkyl halides is 3. The predicted octanol–water partition coefficient (Wildman–Crippen LogP) is 2.80. The zero-order chi connectivity index (χ0) is 18.7. The Labute approximate surface area is 145 Å². The van der Waals surface area contributed by atoms with Crippen molar-refractivity contribution in [2.45, 2.75) is 24.6 Å². The summed E-state index contributed by atoms with van der Waals surface area (Å²) in [6, 6.07) is 6.56. The van der Waals surface area contributed by atoms with Gasteiger partial charge in [-0.25, -0.2) is 4.39 Å².